The Morgan fingerprint density at radius 2 is 1.86 bits per heavy atom. The van der Waals surface area contributed by atoms with Crippen LogP contribution in [0.5, 0.6) is 5.75 Å². The van der Waals surface area contributed by atoms with Gasteiger partial charge in [0.15, 0.2) is 15.6 Å². The number of ether oxygens (including phenoxy) is 2. The Hall–Kier alpha value is -1.40. The van der Waals surface area contributed by atoms with Gasteiger partial charge in [0.25, 0.3) is 0 Å². The van der Waals surface area contributed by atoms with E-state index >= 15 is 0 Å². The fourth-order valence-electron chi connectivity index (χ4n) is 2.32. The molecule has 0 radical (unpaired) electrons. The Kier molecular flexibility index (Phi) is 5.36. The van der Waals surface area contributed by atoms with Crippen molar-refractivity contribution in [3.8, 4) is 5.75 Å². The van der Waals surface area contributed by atoms with E-state index in [1.807, 2.05) is 6.92 Å². The van der Waals surface area contributed by atoms with Gasteiger partial charge in [-0.2, -0.15) is 0 Å². The second-order valence-electron chi connectivity index (χ2n) is 5.00. The minimum absolute atomic E-state index is 0.371. The van der Waals surface area contributed by atoms with E-state index in [4.69, 9.17) is 9.47 Å². The number of sulfone groups is 1. The first-order valence-corrected chi connectivity index (χ1v) is 8.80. The van der Waals surface area contributed by atoms with Gasteiger partial charge in [0.05, 0.1) is 11.9 Å². The molecule has 1 aromatic rings. The highest BCUT2D eigenvalue weighted by Gasteiger charge is 2.30. The van der Waals surface area contributed by atoms with E-state index in [0.29, 0.717) is 44.0 Å². The lowest BCUT2D eigenvalue weighted by atomic mass is 10.1. The number of ketones is 1. The number of carbonyl (C=O) groups is 1. The van der Waals surface area contributed by atoms with Gasteiger partial charge in [-0.05, 0) is 44.0 Å². The lowest BCUT2D eigenvalue weighted by Gasteiger charge is -2.21. The molecule has 0 aliphatic carbocycles. The maximum absolute atomic E-state index is 12.2. The molecule has 0 aromatic heterocycles. The number of hydrogen-bond donors (Lipinski definition) is 0. The molecule has 0 N–H and O–H groups in total. The Morgan fingerprint density at radius 1 is 1.24 bits per heavy atom. The van der Waals surface area contributed by atoms with Crippen molar-refractivity contribution in [3.05, 3.63) is 29.8 Å². The van der Waals surface area contributed by atoms with E-state index in [-0.39, 0.29) is 5.78 Å². The van der Waals surface area contributed by atoms with Crippen molar-refractivity contribution in [2.75, 3.05) is 25.6 Å². The standard InChI is InChI=1S/C15H20O5S/c1-2-20-13-5-3-12(4-6-13)15(16)11-21(17,18)14-7-9-19-10-8-14/h3-6,14H,2,7-11H2,1H3. The predicted molar refractivity (Wildman–Crippen MR) is 79.6 cm³/mol. The third-order valence-electron chi connectivity index (χ3n) is 3.50. The molecule has 1 aliphatic rings. The minimum atomic E-state index is -3.41. The molecule has 0 saturated carbocycles. The van der Waals surface area contributed by atoms with Crippen LogP contribution in [0, 0.1) is 0 Å². The van der Waals surface area contributed by atoms with E-state index in [9.17, 15) is 13.2 Å². The second kappa shape index (κ2) is 7.04. The average Bonchev–Trinajstić information content (AvgIpc) is 2.49. The van der Waals surface area contributed by atoms with E-state index in [0.717, 1.165) is 0 Å². The molecule has 1 fully saturated rings. The van der Waals surface area contributed by atoms with Gasteiger partial charge in [-0.15, -0.1) is 0 Å². The summed E-state index contributed by atoms with van der Waals surface area (Å²) in [5, 5.41) is -0.460. The zero-order valence-corrected chi connectivity index (χ0v) is 12.9. The summed E-state index contributed by atoms with van der Waals surface area (Å²) in [6, 6.07) is 6.56. The normalized spacial score (nSPS) is 16.6. The topological polar surface area (TPSA) is 69.7 Å². The molecule has 1 aliphatic heterocycles. The van der Waals surface area contributed by atoms with Crippen LogP contribution in [0.1, 0.15) is 30.1 Å². The molecule has 1 aromatic carbocycles. The van der Waals surface area contributed by atoms with Crippen LogP contribution < -0.4 is 4.74 Å². The van der Waals surface area contributed by atoms with Crippen LogP contribution in [0.3, 0.4) is 0 Å². The monoisotopic (exact) mass is 312 g/mol. The summed E-state index contributed by atoms with van der Waals surface area (Å²) in [7, 11) is -3.41. The van der Waals surface area contributed by atoms with Crippen LogP contribution in [-0.4, -0.2) is 45.0 Å². The Labute approximate surface area is 125 Å². The van der Waals surface area contributed by atoms with Gasteiger partial charge >= 0.3 is 0 Å². The van der Waals surface area contributed by atoms with Gasteiger partial charge in [-0.1, -0.05) is 0 Å². The molecule has 5 nitrogen and oxygen atoms in total. The van der Waals surface area contributed by atoms with Crippen LogP contribution in [0.2, 0.25) is 0 Å². The third kappa shape index (κ3) is 4.28. The summed E-state index contributed by atoms with van der Waals surface area (Å²) in [4.78, 5) is 12.1. The summed E-state index contributed by atoms with van der Waals surface area (Å²) in [6.07, 6.45) is 0.942. The fourth-order valence-corrected chi connectivity index (χ4v) is 4.00. The van der Waals surface area contributed by atoms with Crippen LogP contribution in [0.25, 0.3) is 0 Å². The van der Waals surface area contributed by atoms with Crippen LogP contribution >= 0.6 is 0 Å². The molecule has 1 heterocycles. The van der Waals surface area contributed by atoms with Gasteiger partial charge in [0.1, 0.15) is 11.5 Å². The van der Waals surface area contributed by atoms with E-state index in [1.54, 1.807) is 24.3 Å². The Morgan fingerprint density at radius 3 is 2.43 bits per heavy atom. The average molecular weight is 312 g/mol. The van der Waals surface area contributed by atoms with Crippen molar-refractivity contribution >= 4 is 15.6 Å². The fraction of sp³-hybridized carbons (Fsp3) is 0.533. The molecule has 0 amide bonds. The maximum atomic E-state index is 12.2. The van der Waals surface area contributed by atoms with Crippen molar-refractivity contribution in [2.45, 2.75) is 25.0 Å². The maximum Gasteiger partial charge on any atom is 0.177 e. The molecule has 2 rings (SSSR count). The van der Waals surface area contributed by atoms with Crippen molar-refractivity contribution < 1.29 is 22.7 Å². The Bertz CT molecular complexity index is 571. The van der Waals surface area contributed by atoms with Crippen molar-refractivity contribution in [1.82, 2.24) is 0 Å². The van der Waals surface area contributed by atoms with Gasteiger partial charge in [-0.25, -0.2) is 8.42 Å². The summed E-state index contributed by atoms with van der Waals surface area (Å²) >= 11 is 0. The summed E-state index contributed by atoms with van der Waals surface area (Å²) in [5.41, 5.74) is 0.397. The van der Waals surface area contributed by atoms with Crippen molar-refractivity contribution in [3.63, 3.8) is 0 Å². The third-order valence-corrected chi connectivity index (χ3v) is 5.65. The summed E-state index contributed by atoms with van der Waals surface area (Å²) in [5.74, 6) is -0.142. The molecule has 116 valence electrons. The lowest BCUT2D eigenvalue weighted by molar-refractivity contribution is 0.0971. The number of benzene rings is 1. The van der Waals surface area contributed by atoms with Gasteiger partial charge < -0.3 is 9.47 Å². The van der Waals surface area contributed by atoms with Crippen LogP contribution in [0.15, 0.2) is 24.3 Å². The molecule has 0 bridgehead atoms. The zero-order valence-electron chi connectivity index (χ0n) is 12.1. The molecule has 21 heavy (non-hydrogen) atoms. The van der Waals surface area contributed by atoms with Crippen LogP contribution in [-0.2, 0) is 14.6 Å². The van der Waals surface area contributed by atoms with E-state index in [1.165, 1.54) is 0 Å². The summed E-state index contributed by atoms with van der Waals surface area (Å²) < 4.78 is 34.9. The van der Waals surface area contributed by atoms with Gasteiger partial charge in [0.2, 0.25) is 0 Å². The van der Waals surface area contributed by atoms with Crippen molar-refractivity contribution in [2.24, 2.45) is 0 Å². The SMILES string of the molecule is CCOc1ccc(C(=O)CS(=O)(=O)C2CCOCC2)cc1. The molecule has 0 unspecified atom stereocenters. The minimum Gasteiger partial charge on any atom is -0.494 e. The number of carbonyl (C=O) groups excluding carboxylic acids is 1. The molecule has 1 saturated heterocycles. The quantitative estimate of drug-likeness (QED) is 0.750. The molecule has 6 heteroatoms. The molecular formula is C15H20O5S. The van der Waals surface area contributed by atoms with Crippen molar-refractivity contribution in [1.29, 1.82) is 0 Å². The van der Waals surface area contributed by atoms with Crippen LogP contribution in [0.4, 0.5) is 0 Å². The number of hydrogen-bond acceptors (Lipinski definition) is 5. The van der Waals surface area contributed by atoms with Gasteiger partial charge in [-0.3, -0.25) is 4.79 Å². The first kappa shape index (κ1) is 16.0. The number of Topliss-reactive ketones (excluding diaryl/α,β-unsaturated/α-hetero) is 1. The highest BCUT2D eigenvalue weighted by molar-refractivity contribution is 7.92. The lowest BCUT2D eigenvalue weighted by Crippen LogP contribution is -2.33. The first-order valence-electron chi connectivity index (χ1n) is 7.08. The molecule has 0 spiro atoms. The smallest absolute Gasteiger partial charge is 0.177 e. The molecular weight excluding hydrogens is 292 g/mol. The Balaban J connectivity index is 2.02. The molecule has 0 atom stereocenters. The predicted octanol–water partition coefficient (Wildman–Crippen LogP) is 1.86. The van der Waals surface area contributed by atoms with E-state index < -0.39 is 20.8 Å². The second-order valence-corrected chi connectivity index (χ2v) is 7.28. The summed E-state index contributed by atoms with van der Waals surface area (Å²) in [6.45, 7) is 3.31. The zero-order chi connectivity index (χ0) is 15.3. The van der Waals surface area contributed by atoms with Gasteiger partial charge in [0, 0.05) is 18.8 Å². The highest BCUT2D eigenvalue weighted by atomic mass is 32.2. The largest absolute Gasteiger partial charge is 0.494 e. The number of rotatable bonds is 6. The highest BCUT2D eigenvalue weighted by Crippen LogP contribution is 2.19. The first-order chi connectivity index (χ1) is 10.0. The van der Waals surface area contributed by atoms with E-state index in [2.05, 4.69) is 0 Å².